The molecule has 4 rings (SSSR count). The van der Waals surface area contributed by atoms with Gasteiger partial charge in [-0.1, -0.05) is 0 Å². The molecule has 0 aromatic carbocycles. The van der Waals surface area contributed by atoms with Gasteiger partial charge in [-0.25, -0.2) is 0 Å². The highest BCUT2D eigenvalue weighted by molar-refractivity contribution is 7.80. The zero-order valence-electron chi connectivity index (χ0n) is 17.3. The average molecular weight is 434 g/mol. The molecule has 164 valence electrons. The van der Waals surface area contributed by atoms with E-state index in [0.717, 1.165) is 44.7 Å². The van der Waals surface area contributed by atoms with Crippen molar-refractivity contribution < 1.29 is 14.0 Å². The van der Waals surface area contributed by atoms with Crippen LogP contribution in [0.3, 0.4) is 0 Å². The lowest BCUT2D eigenvalue weighted by Gasteiger charge is -2.37. The number of furan rings is 1. The Hall–Kier alpha value is -2.13. The minimum atomic E-state index is -0.154. The first-order valence-electron chi connectivity index (χ1n) is 11.0. The first kappa shape index (κ1) is 21.1. The Morgan fingerprint density at radius 1 is 1.30 bits per heavy atom. The molecule has 0 bridgehead atoms. The number of nitrogens with zero attached hydrogens (tertiary/aromatic N) is 2. The van der Waals surface area contributed by atoms with E-state index in [-0.39, 0.29) is 29.9 Å². The summed E-state index contributed by atoms with van der Waals surface area (Å²) in [5.41, 5.74) is 0. The van der Waals surface area contributed by atoms with Crippen molar-refractivity contribution in [2.45, 2.75) is 63.2 Å². The zero-order valence-corrected chi connectivity index (χ0v) is 18.1. The summed E-state index contributed by atoms with van der Waals surface area (Å²) in [6.45, 7) is 3.67. The number of rotatable bonds is 6. The largest absolute Gasteiger partial charge is 0.467 e. The van der Waals surface area contributed by atoms with Gasteiger partial charge in [-0.3, -0.25) is 14.5 Å². The highest BCUT2D eigenvalue weighted by atomic mass is 32.1. The molecular weight excluding hydrogens is 402 g/mol. The van der Waals surface area contributed by atoms with Gasteiger partial charge >= 0.3 is 0 Å². The third-order valence-corrected chi connectivity index (χ3v) is 6.62. The van der Waals surface area contributed by atoms with Crippen molar-refractivity contribution in [3.05, 3.63) is 24.2 Å². The van der Waals surface area contributed by atoms with E-state index in [1.807, 2.05) is 17.0 Å². The minimum absolute atomic E-state index is 0.0763. The van der Waals surface area contributed by atoms with Crippen LogP contribution >= 0.6 is 12.2 Å². The van der Waals surface area contributed by atoms with Gasteiger partial charge < -0.3 is 25.3 Å². The predicted octanol–water partition coefficient (Wildman–Crippen LogP) is 0.978. The number of carbonyl (C=O) groups is 2. The fourth-order valence-corrected chi connectivity index (χ4v) is 5.00. The fourth-order valence-electron chi connectivity index (χ4n) is 4.76. The highest BCUT2D eigenvalue weighted by Gasteiger charge is 2.43. The van der Waals surface area contributed by atoms with Crippen molar-refractivity contribution in [1.82, 2.24) is 25.8 Å². The maximum Gasteiger partial charge on any atom is 0.237 e. The van der Waals surface area contributed by atoms with Gasteiger partial charge in [0.1, 0.15) is 5.76 Å². The monoisotopic (exact) mass is 433 g/mol. The van der Waals surface area contributed by atoms with Crippen LogP contribution in [0.4, 0.5) is 0 Å². The number of likely N-dealkylation sites (tertiary alicyclic amines) is 1. The zero-order chi connectivity index (χ0) is 20.9. The van der Waals surface area contributed by atoms with E-state index >= 15 is 0 Å². The first-order chi connectivity index (χ1) is 14.6. The summed E-state index contributed by atoms with van der Waals surface area (Å²) in [5.74, 6) is 1.15. The third-order valence-electron chi connectivity index (χ3n) is 6.36. The van der Waals surface area contributed by atoms with Crippen LogP contribution in [0.5, 0.6) is 0 Å². The molecule has 1 aromatic heterocycles. The second kappa shape index (κ2) is 9.78. The summed E-state index contributed by atoms with van der Waals surface area (Å²) >= 11 is 5.41. The van der Waals surface area contributed by atoms with Crippen LogP contribution in [0.2, 0.25) is 0 Å². The van der Waals surface area contributed by atoms with Gasteiger partial charge in [0.15, 0.2) is 5.11 Å². The Morgan fingerprint density at radius 3 is 2.90 bits per heavy atom. The minimum Gasteiger partial charge on any atom is -0.467 e. The maximum atomic E-state index is 12.6. The van der Waals surface area contributed by atoms with Gasteiger partial charge in [-0.2, -0.15) is 0 Å². The molecule has 3 fully saturated rings. The number of hydrogen-bond donors (Lipinski definition) is 3. The molecule has 3 unspecified atom stereocenters. The number of amides is 2. The lowest BCUT2D eigenvalue weighted by atomic mass is 10.0. The van der Waals surface area contributed by atoms with Gasteiger partial charge in [0.25, 0.3) is 0 Å². The van der Waals surface area contributed by atoms with Crippen LogP contribution in [-0.4, -0.2) is 71.0 Å². The van der Waals surface area contributed by atoms with Crippen molar-refractivity contribution in [2.24, 2.45) is 0 Å². The predicted molar refractivity (Wildman–Crippen MR) is 117 cm³/mol. The molecule has 0 spiro atoms. The SMILES string of the molecule is O=C1NCC(CCC(=O)N2CCCCC2)N2CC(NC(=S)NCc3ccco3)CC12. The molecule has 8 nitrogen and oxygen atoms in total. The number of fused-ring (bicyclic) bond motifs is 1. The Labute approximate surface area is 182 Å². The molecule has 1 aromatic rings. The Morgan fingerprint density at radius 2 is 2.13 bits per heavy atom. The van der Waals surface area contributed by atoms with Gasteiger partial charge in [0.2, 0.25) is 11.8 Å². The number of hydrogen-bond acceptors (Lipinski definition) is 5. The van der Waals surface area contributed by atoms with E-state index in [0.29, 0.717) is 31.0 Å². The number of nitrogens with one attached hydrogen (secondary N) is 3. The fraction of sp³-hybridized carbons (Fsp3) is 0.667. The third kappa shape index (κ3) is 5.13. The number of carbonyl (C=O) groups excluding carboxylic acids is 2. The second-order valence-corrected chi connectivity index (χ2v) is 8.84. The molecule has 3 atom stereocenters. The van der Waals surface area contributed by atoms with Crippen LogP contribution in [0.15, 0.2) is 22.8 Å². The average Bonchev–Trinajstić information content (AvgIpc) is 3.42. The van der Waals surface area contributed by atoms with E-state index in [9.17, 15) is 9.59 Å². The van der Waals surface area contributed by atoms with Gasteiger partial charge in [0.05, 0.1) is 18.8 Å². The summed E-state index contributed by atoms with van der Waals surface area (Å²) in [5, 5.41) is 10.1. The van der Waals surface area contributed by atoms with Gasteiger partial charge in [-0.05, 0) is 56.5 Å². The van der Waals surface area contributed by atoms with Gasteiger partial charge in [-0.15, -0.1) is 0 Å². The van der Waals surface area contributed by atoms with Crippen LogP contribution in [0.1, 0.15) is 44.3 Å². The van der Waals surface area contributed by atoms with E-state index in [2.05, 4.69) is 20.9 Å². The number of piperidine rings is 1. The van der Waals surface area contributed by atoms with E-state index < -0.39 is 0 Å². The summed E-state index contributed by atoms with van der Waals surface area (Å²) in [4.78, 5) is 29.2. The van der Waals surface area contributed by atoms with Crippen molar-refractivity contribution in [3.8, 4) is 0 Å². The first-order valence-corrected chi connectivity index (χ1v) is 11.4. The van der Waals surface area contributed by atoms with Crippen LogP contribution < -0.4 is 16.0 Å². The molecule has 0 aliphatic carbocycles. The summed E-state index contributed by atoms with van der Waals surface area (Å²) in [7, 11) is 0. The van der Waals surface area contributed by atoms with Crippen molar-refractivity contribution in [1.29, 1.82) is 0 Å². The van der Waals surface area contributed by atoms with E-state index in [1.165, 1.54) is 6.42 Å². The Bertz CT molecular complexity index is 750. The summed E-state index contributed by atoms with van der Waals surface area (Å²) in [6.07, 6.45) is 7.12. The topological polar surface area (TPSA) is 89.9 Å². The molecule has 30 heavy (non-hydrogen) atoms. The summed E-state index contributed by atoms with van der Waals surface area (Å²) in [6, 6.07) is 3.89. The molecular formula is C21H31N5O3S. The van der Waals surface area contributed by atoms with Gasteiger partial charge in [0, 0.05) is 44.7 Å². The van der Waals surface area contributed by atoms with Crippen LogP contribution in [0.25, 0.3) is 0 Å². The molecule has 0 radical (unpaired) electrons. The lowest BCUT2D eigenvalue weighted by molar-refractivity contribution is -0.133. The lowest BCUT2D eigenvalue weighted by Crippen LogP contribution is -2.58. The van der Waals surface area contributed by atoms with Crippen LogP contribution in [0, 0.1) is 0 Å². The quantitative estimate of drug-likeness (QED) is 0.576. The molecule has 3 N–H and O–H groups in total. The van der Waals surface area contributed by atoms with Crippen LogP contribution in [-0.2, 0) is 16.1 Å². The van der Waals surface area contributed by atoms with Crippen molar-refractivity contribution in [3.63, 3.8) is 0 Å². The smallest absolute Gasteiger partial charge is 0.237 e. The normalized spacial score (nSPS) is 26.7. The standard InChI is InChI=1S/C21H31N5O3S/c27-19(25-8-2-1-3-9-25)7-6-16-12-22-20(28)18-11-15(14-26(16)18)24-21(30)23-13-17-5-4-10-29-17/h4-5,10,15-16,18H,1-3,6-9,11-14H2,(H,22,28)(H2,23,24,30). The van der Waals surface area contributed by atoms with Crippen molar-refractivity contribution >= 4 is 29.1 Å². The molecule has 4 heterocycles. The molecule has 3 saturated heterocycles. The summed E-state index contributed by atoms with van der Waals surface area (Å²) < 4.78 is 5.31. The maximum absolute atomic E-state index is 12.6. The molecule has 0 saturated carbocycles. The van der Waals surface area contributed by atoms with E-state index in [4.69, 9.17) is 16.6 Å². The number of piperazine rings is 1. The van der Waals surface area contributed by atoms with Crippen molar-refractivity contribution in [2.75, 3.05) is 26.2 Å². The second-order valence-electron chi connectivity index (χ2n) is 8.43. The molecule has 3 aliphatic rings. The Kier molecular flexibility index (Phi) is 6.89. The molecule has 3 aliphatic heterocycles. The highest BCUT2D eigenvalue weighted by Crippen LogP contribution is 2.26. The van der Waals surface area contributed by atoms with E-state index in [1.54, 1.807) is 6.26 Å². The number of thiocarbonyl (C=S) groups is 1. The Balaban J connectivity index is 1.26. The molecule has 9 heteroatoms. The molecule has 2 amide bonds.